The Morgan fingerprint density at radius 3 is 2.75 bits per heavy atom. The number of amides is 1. The lowest BCUT2D eigenvalue weighted by atomic mass is 10.2. The highest BCUT2D eigenvalue weighted by molar-refractivity contribution is 7.99. The van der Waals surface area contributed by atoms with Gasteiger partial charge in [0.2, 0.25) is 11.1 Å². The summed E-state index contributed by atoms with van der Waals surface area (Å²) in [5, 5.41) is 31.7. The van der Waals surface area contributed by atoms with Crippen molar-refractivity contribution in [3.8, 4) is 11.8 Å². The summed E-state index contributed by atoms with van der Waals surface area (Å²) in [5.74, 6) is 0.430. The van der Waals surface area contributed by atoms with Crippen LogP contribution in [-0.2, 0) is 4.79 Å². The Morgan fingerprint density at radius 2 is 2.07 bits per heavy atom. The largest absolute Gasteiger partial charge is 0.326 e. The molecule has 9 nitrogen and oxygen atoms in total. The van der Waals surface area contributed by atoms with Gasteiger partial charge in [-0.2, -0.15) is 5.26 Å². The van der Waals surface area contributed by atoms with E-state index in [1.807, 2.05) is 12.1 Å². The third kappa shape index (κ3) is 3.99. The average molecular weight is 394 g/mol. The Morgan fingerprint density at radius 1 is 1.29 bits per heavy atom. The van der Waals surface area contributed by atoms with Crippen molar-refractivity contribution in [2.24, 2.45) is 0 Å². The standard InChI is InChI=1S/C18H14N6O3S/c1-11-21-22-18(23(11)15-5-3-4-14(9-15)20-12(2)25)28-17-7-6-16(24(26)27)8-13(17)10-19/h3-9H,1-2H3,(H,20,25). The number of nitro groups is 1. The molecule has 0 fully saturated rings. The number of hydrogen-bond acceptors (Lipinski definition) is 7. The number of nitro benzene ring substituents is 1. The van der Waals surface area contributed by atoms with Crippen LogP contribution in [0.4, 0.5) is 11.4 Å². The van der Waals surface area contributed by atoms with Crippen molar-refractivity contribution in [3.63, 3.8) is 0 Å². The fraction of sp³-hybridized carbons (Fsp3) is 0.111. The molecule has 0 aliphatic carbocycles. The van der Waals surface area contributed by atoms with E-state index >= 15 is 0 Å². The minimum Gasteiger partial charge on any atom is -0.326 e. The molecule has 0 aliphatic rings. The SMILES string of the molecule is CC(=O)Nc1cccc(-n2c(C)nnc2Sc2ccc([N+](=O)[O-])cc2C#N)c1. The molecule has 0 atom stereocenters. The van der Waals surface area contributed by atoms with E-state index in [1.165, 1.54) is 36.9 Å². The summed E-state index contributed by atoms with van der Waals surface area (Å²) in [6.07, 6.45) is 0. The second-order valence-corrected chi connectivity index (χ2v) is 6.76. The van der Waals surface area contributed by atoms with Gasteiger partial charge in [-0.3, -0.25) is 19.5 Å². The fourth-order valence-electron chi connectivity index (χ4n) is 2.54. The maximum absolute atomic E-state index is 11.3. The monoisotopic (exact) mass is 394 g/mol. The van der Waals surface area contributed by atoms with Crippen LogP contribution in [0.1, 0.15) is 18.3 Å². The quantitative estimate of drug-likeness (QED) is 0.518. The van der Waals surface area contributed by atoms with Crippen LogP contribution in [0.5, 0.6) is 0 Å². The second kappa shape index (κ2) is 7.89. The van der Waals surface area contributed by atoms with Crippen molar-refractivity contribution in [2.75, 3.05) is 5.32 Å². The van der Waals surface area contributed by atoms with Crippen molar-refractivity contribution in [2.45, 2.75) is 23.9 Å². The Hall–Kier alpha value is -3.71. The van der Waals surface area contributed by atoms with Gasteiger partial charge < -0.3 is 5.32 Å². The van der Waals surface area contributed by atoms with E-state index in [0.29, 0.717) is 21.6 Å². The van der Waals surface area contributed by atoms with Gasteiger partial charge in [0.05, 0.1) is 16.2 Å². The molecular formula is C18H14N6O3S. The van der Waals surface area contributed by atoms with E-state index in [-0.39, 0.29) is 17.2 Å². The third-order valence-electron chi connectivity index (χ3n) is 3.72. The number of carbonyl (C=O) groups excluding carboxylic acids is 1. The molecule has 3 rings (SSSR count). The van der Waals surface area contributed by atoms with Crippen LogP contribution in [0.25, 0.3) is 5.69 Å². The van der Waals surface area contributed by atoms with Gasteiger partial charge in [0, 0.05) is 29.6 Å². The molecule has 0 bridgehead atoms. The molecule has 1 aromatic heterocycles. The smallest absolute Gasteiger partial charge is 0.270 e. The number of nitrogens with zero attached hydrogens (tertiary/aromatic N) is 5. The van der Waals surface area contributed by atoms with Crippen LogP contribution in [-0.4, -0.2) is 25.6 Å². The van der Waals surface area contributed by atoms with Gasteiger partial charge >= 0.3 is 0 Å². The summed E-state index contributed by atoms with van der Waals surface area (Å²) >= 11 is 1.18. The number of aryl methyl sites for hydroxylation is 1. The van der Waals surface area contributed by atoms with Crippen molar-refractivity contribution >= 4 is 29.0 Å². The molecule has 0 unspecified atom stereocenters. The molecule has 10 heteroatoms. The maximum atomic E-state index is 11.3. The zero-order valence-corrected chi connectivity index (χ0v) is 15.7. The number of hydrogen-bond donors (Lipinski definition) is 1. The first-order chi connectivity index (χ1) is 13.4. The number of aromatic nitrogens is 3. The molecule has 2 aromatic carbocycles. The minimum atomic E-state index is -0.546. The Balaban J connectivity index is 2.00. The molecule has 0 spiro atoms. The first-order valence-electron chi connectivity index (χ1n) is 8.05. The normalized spacial score (nSPS) is 10.3. The van der Waals surface area contributed by atoms with Gasteiger partial charge in [-0.05, 0) is 43.0 Å². The zero-order valence-electron chi connectivity index (χ0n) is 14.9. The average Bonchev–Trinajstić information content (AvgIpc) is 3.01. The summed E-state index contributed by atoms with van der Waals surface area (Å²) in [6.45, 7) is 3.21. The predicted molar refractivity (Wildman–Crippen MR) is 102 cm³/mol. The number of anilines is 1. The van der Waals surface area contributed by atoms with Crippen molar-refractivity contribution in [1.29, 1.82) is 5.26 Å². The highest BCUT2D eigenvalue weighted by Crippen LogP contribution is 2.33. The highest BCUT2D eigenvalue weighted by Gasteiger charge is 2.17. The van der Waals surface area contributed by atoms with Crippen LogP contribution in [0.2, 0.25) is 0 Å². The fourth-order valence-corrected chi connectivity index (χ4v) is 3.50. The predicted octanol–water partition coefficient (Wildman–Crippen LogP) is 3.47. The summed E-state index contributed by atoms with van der Waals surface area (Å²) < 4.78 is 1.78. The summed E-state index contributed by atoms with van der Waals surface area (Å²) in [7, 11) is 0. The number of nitriles is 1. The lowest BCUT2D eigenvalue weighted by Gasteiger charge is -2.11. The molecule has 1 N–H and O–H groups in total. The molecule has 3 aromatic rings. The van der Waals surface area contributed by atoms with E-state index in [4.69, 9.17) is 0 Å². The topological polar surface area (TPSA) is 127 Å². The van der Waals surface area contributed by atoms with E-state index in [1.54, 1.807) is 29.7 Å². The Bertz CT molecular complexity index is 1120. The molecular weight excluding hydrogens is 380 g/mol. The molecule has 1 amide bonds. The first kappa shape index (κ1) is 19.1. The highest BCUT2D eigenvalue weighted by atomic mass is 32.2. The van der Waals surface area contributed by atoms with Gasteiger partial charge in [-0.1, -0.05) is 6.07 Å². The van der Waals surface area contributed by atoms with Crippen LogP contribution < -0.4 is 5.32 Å². The maximum Gasteiger partial charge on any atom is 0.270 e. The van der Waals surface area contributed by atoms with E-state index < -0.39 is 4.92 Å². The molecule has 0 aliphatic heterocycles. The zero-order chi connectivity index (χ0) is 20.3. The summed E-state index contributed by atoms with van der Waals surface area (Å²) in [5.41, 5.74) is 1.39. The van der Waals surface area contributed by atoms with Crippen molar-refractivity contribution in [1.82, 2.24) is 14.8 Å². The van der Waals surface area contributed by atoms with Crippen LogP contribution in [0.3, 0.4) is 0 Å². The number of non-ortho nitro benzene ring substituents is 1. The van der Waals surface area contributed by atoms with Gasteiger partial charge in [-0.15, -0.1) is 10.2 Å². The van der Waals surface area contributed by atoms with Gasteiger partial charge in [0.15, 0.2) is 0 Å². The molecule has 1 heterocycles. The number of carbonyl (C=O) groups is 1. The molecule has 0 saturated carbocycles. The lowest BCUT2D eigenvalue weighted by Crippen LogP contribution is -2.07. The van der Waals surface area contributed by atoms with Gasteiger partial charge in [0.1, 0.15) is 11.9 Å². The lowest BCUT2D eigenvalue weighted by molar-refractivity contribution is -0.384. The number of benzene rings is 2. The first-order valence-corrected chi connectivity index (χ1v) is 8.87. The molecule has 140 valence electrons. The minimum absolute atomic E-state index is 0.151. The summed E-state index contributed by atoms with van der Waals surface area (Å²) in [6, 6.07) is 13.2. The molecule has 0 saturated heterocycles. The van der Waals surface area contributed by atoms with Crippen LogP contribution >= 0.6 is 11.8 Å². The Labute approximate surface area is 164 Å². The van der Waals surface area contributed by atoms with E-state index in [2.05, 4.69) is 15.5 Å². The molecule has 0 radical (unpaired) electrons. The third-order valence-corrected chi connectivity index (χ3v) is 4.74. The van der Waals surface area contributed by atoms with Crippen molar-refractivity contribution in [3.05, 3.63) is 64.0 Å². The van der Waals surface area contributed by atoms with Crippen LogP contribution in [0, 0.1) is 28.4 Å². The molecule has 28 heavy (non-hydrogen) atoms. The number of rotatable bonds is 5. The van der Waals surface area contributed by atoms with E-state index in [9.17, 15) is 20.2 Å². The van der Waals surface area contributed by atoms with Crippen LogP contribution in [0.15, 0.2) is 52.5 Å². The second-order valence-electron chi connectivity index (χ2n) is 5.75. The van der Waals surface area contributed by atoms with Gasteiger partial charge in [-0.25, -0.2) is 0 Å². The van der Waals surface area contributed by atoms with Gasteiger partial charge in [0.25, 0.3) is 5.69 Å². The number of nitrogens with one attached hydrogen (secondary N) is 1. The summed E-state index contributed by atoms with van der Waals surface area (Å²) in [4.78, 5) is 22.2. The van der Waals surface area contributed by atoms with Crippen molar-refractivity contribution < 1.29 is 9.72 Å². The Kier molecular flexibility index (Phi) is 5.37. The van der Waals surface area contributed by atoms with E-state index in [0.717, 1.165) is 5.69 Å².